The molecular formula is C17H31NO3. The van der Waals surface area contributed by atoms with Gasteiger partial charge in [-0.3, -0.25) is 4.79 Å². The van der Waals surface area contributed by atoms with Crippen molar-refractivity contribution in [1.29, 1.82) is 0 Å². The number of carbonyl (C=O) groups excluding carboxylic acids is 2. The maximum Gasteiger partial charge on any atom is 0.330 e. The van der Waals surface area contributed by atoms with Gasteiger partial charge in [-0.05, 0) is 25.8 Å². The van der Waals surface area contributed by atoms with Gasteiger partial charge >= 0.3 is 11.9 Å². The minimum Gasteiger partial charge on any atom is -0.392 e. The van der Waals surface area contributed by atoms with E-state index in [9.17, 15) is 9.59 Å². The van der Waals surface area contributed by atoms with E-state index in [0.717, 1.165) is 32.2 Å². The number of unbranched alkanes of at least 4 members (excludes halogenated alkanes) is 8. The zero-order valence-electron chi connectivity index (χ0n) is 13.5. The molecule has 4 heteroatoms. The summed E-state index contributed by atoms with van der Waals surface area (Å²) in [6, 6.07) is -0.267. The van der Waals surface area contributed by atoms with E-state index in [1.54, 1.807) is 0 Å². The smallest absolute Gasteiger partial charge is 0.330 e. The Morgan fingerprint density at radius 1 is 1.00 bits per heavy atom. The lowest BCUT2D eigenvalue weighted by Crippen LogP contribution is -2.33. The van der Waals surface area contributed by atoms with Crippen LogP contribution in [0.25, 0.3) is 0 Å². The first-order chi connectivity index (χ1) is 10.2. The van der Waals surface area contributed by atoms with Gasteiger partial charge in [0, 0.05) is 6.42 Å². The topological polar surface area (TPSA) is 55.4 Å². The summed E-state index contributed by atoms with van der Waals surface area (Å²) >= 11 is 0. The van der Waals surface area contributed by atoms with Crippen molar-refractivity contribution in [2.24, 2.45) is 0 Å². The number of esters is 2. The minimum absolute atomic E-state index is 0.267. The van der Waals surface area contributed by atoms with Gasteiger partial charge < -0.3 is 10.1 Å². The van der Waals surface area contributed by atoms with E-state index >= 15 is 0 Å². The highest BCUT2D eigenvalue weighted by atomic mass is 16.6. The van der Waals surface area contributed by atoms with Crippen LogP contribution in [0.5, 0.6) is 0 Å². The third-order valence-electron chi connectivity index (χ3n) is 4.04. The summed E-state index contributed by atoms with van der Waals surface area (Å²) in [4.78, 5) is 23.2. The zero-order valence-corrected chi connectivity index (χ0v) is 13.5. The standard InChI is InChI=1S/C17H31NO3/c1-2-3-4-5-6-7-8-9-10-13-16(19)21-17(20)15-12-11-14-18-15/h15,18H,2-14H2,1H3/t15-/m0/s1. The number of rotatable bonds is 11. The minimum atomic E-state index is -0.395. The molecule has 0 bridgehead atoms. The molecule has 1 atom stereocenters. The number of nitrogens with one attached hydrogen (secondary N) is 1. The molecule has 4 nitrogen and oxygen atoms in total. The number of ether oxygens (including phenoxy) is 1. The zero-order chi connectivity index (χ0) is 15.3. The third-order valence-corrected chi connectivity index (χ3v) is 4.04. The van der Waals surface area contributed by atoms with E-state index in [-0.39, 0.29) is 12.0 Å². The van der Waals surface area contributed by atoms with Gasteiger partial charge in [0.25, 0.3) is 0 Å². The number of hydrogen-bond acceptors (Lipinski definition) is 4. The van der Waals surface area contributed by atoms with Crippen LogP contribution in [0, 0.1) is 0 Å². The molecular weight excluding hydrogens is 266 g/mol. The molecule has 1 fully saturated rings. The van der Waals surface area contributed by atoms with Crippen molar-refractivity contribution >= 4 is 11.9 Å². The van der Waals surface area contributed by atoms with Crippen LogP contribution in [0.15, 0.2) is 0 Å². The molecule has 1 aliphatic rings. The molecule has 0 spiro atoms. The number of hydrogen-bond donors (Lipinski definition) is 1. The first-order valence-electron chi connectivity index (χ1n) is 8.72. The average Bonchev–Trinajstić information content (AvgIpc) is 3.00. The predicted octanol–water partition coefficient (Wildman–Crippen LogP) is 3.73. The maximum absolute atomic E-state index is 11.6. The summed E-state index contributed by atoms with van der Waals surface area (Å²) in [6.07, 6.45) is 13.1. The molecule has 1 rings (SSSR count). The van der Waals surface area contributed by atoms with Gasteiger partial charge in [0.2, 0.25) is 0 Å². The van der Waals surface area contributed by atoms with Crippen molar-refractivity contribution in [3.8, 4) is 0 Å². The van der Waals surface area contributed by atoms with Crippen molar-refractivity contribution in [3.63, 3.8) is 0 Å². The molecule has 0 unspecified atom stereocenters. The van der Waals surface area contributed by atoms with Crippen molar-refractivity contribution in [2.75, 3.05) is 6.54 Å². The summed E-state index contributed by atoms with van der Waals surface area (Å²) in [5.74, 6) is -0.759. The van der Waals surface area contributed by atoms with Gasteiger partial charge in [-0.2, -0.15) is 0 Å². The fourth-order valence-electron chi connectivity index (χ4n) is 2.70. The van der Waals surface area contributed by atoms with Crippen LogP contribution >= 0.6 is 0 Å². The second-order valence-electron chi connectivity index (χ2n) is 6.02. The summed E-state index contributed by atoms with van der Waals surface area (Å²) < 4.78 is 4.87. The van der Waals surface area contributed by atoms with Crippen LogP contribution in [0.1, 0.15) is 84.0 Å². The van der Waals surface area contributed by atoms with E-state index < -0.39 is 5.97 Å². The van der Waals surface area contributed by atoms with Crippen LogP contribution in [-0.2, 0) is 14.3 Å². The molecule has 0 aromatic heterocycles. The Balaban J connectivity index is 1.90. The van der Waals surface area contributed by atoms with E-state index in [0.29, 0.717) is 6.42 Å². The maximum atomic E-state index is 11.6. The van der Waals surface area contributed by atoms with Gasteiger partial charge in [-0.25, -0.2) is 4.79 Å². The summed E-state index contributed by atoms with van der Waals surface area (Å²) in [5, 5.41) is 3.04. The largest absolute Gasteiger partial charge is 0.392 e. The molecule has 1 heterocycles. The second-order valence-corrected chi connectivity index (χ2v) is 6.02. The van der Waals surface area contributed by atoms with E-state index in [1.807, 2.05) is 0 Å². The van der Waals surface area contributed by atoms with Crippen LogP contribution in [0.3, 0.4) is 0 Å². The van der Waals surface area contributed by atoms with Gasteiger partial charge in [0.15, 0.2) is 0 Å². The van der Waals surface area contributed by atoms with Crippen LogP contribution in [0.4, 0.5) is 0 Å². The van der Waals surface area contributed by atoms with E-state index in [2.05, 4.69) is 12.2 Å². The first kappa shape index (κ1) is 18.1. The molecule has 1 saturated heterocycles. The van der Waals surface area contributed by atoms with Crippen molar-refractivity contribution in [1.82, 2.24) is 5.32 Å². The molecule has 0 aliphatic carbocycles. The Labute approximate surface area is 129 Å². The Kier molecular flexibility index (Phi) is 10.1. The van der Waals surface area contributed by atoms with E-state index in [4.69, 9.17) is 4.74 Å². The average molecular weight is 297 g/mol. The highest BCUT2D eigenvalue weighted by Crippen LogP contribution is 2.11. The molecule has 0 aromatic rings. The highest BCUT2D eigenvalue weighted by molar-refractivity contribution is 5.88. The first-order valence-corrected chi connectivity index (χ1v) is 8.72. The Hall–Kier alpha value is -0.900. The van der Waals surface area contributed by atoms with Gasteiger partial charge in [0.05, 0.1) is 0 Å². The molecule has 21 heavy (non-hydrogen) atoms. The predicted molar refractivity (Wildman–Crippen MR) is 84.0 cm³/mol. The van der Waals surface area contributed by atoms with Crippen LogP contribution in [0.2, 0.25) is 0 Å². The summed E-state index contributed by atoms with van der Waals surface area (Å²) in [6.45, 7) is 3.07. The van der Waals surface area contributed by atoms with E-state index in [1.165, 1.54) is 44.9 Å². The summed E-state index contributed by atoms with van der Waals surface area (Å²) in [5.41, 5.74) is 0. The molecule has 0 aromatic carbocycles. The Bertz CT molecular complexity index is 298. The normalized spacial score (nSPS) is 17.9. The van der Waals surface area contributed by atoms with Gasteiger partial charge in [0.1, 0.15) is 6.04 Å². The van der Waals surface area contributed by atoms with Crippen molar-refractivity contribution in [2.45, 2.75) is 90.0 Å². The molecule has 0 radical (unpaired) electrons. The lowest BCUT2D eigenvalue weighted by Gasteiger charge is -2.08. The summed E-state index contributed by atoms with van der Waals surface area (Å²) in [7, 11) is 0. The fourth-order valence-corrected chi connectivity index (χ4v) is 2.70. The lowest BCUT2D eigenvalue weighted by atomic mass is 10.1. The quantitative estimate of drug-likeness (QED) is 0.359. The molecule has 1 aliphatic heterocycles. The van der Waals surface area contributed by atoms with Crippen LogP contribution in [-0.4, -0.2) is 24.5 Å². The van der Waals surface area contributed by atoms with Crippen molar-refractivity contribution in [3.05, 3.63) is 0 Å². The third kappa shape index (κ3) is 8.86. The Morgan fingerprint density at radius 2 is 1.62 bits per heavy atom. The van der Waals surface area contributed by atoms with Crippen molar-refractivity contribution < 1.29 is 14.3 Å². The molecule has 0 amide bonds. The Morgan fingerprint density at radius 3 is 2.19 bits per heavy atom. The fraction of sp³-hybridized carbons (Fsp3) is 0.882. The SMILES string of the molecule is CCCCCCCCCCCC(=O)OC(=O)[C@@H]1CCCN1. The lowest BCUT2D eigenvalue weighted by molar-refractivity contribution is -0.161. The van der Waals surface area contributed by atoms with Gasteiger partial charge in [-0.1, -0.05) is 58.3 Å². The second kappa shape index (κ2) is 11.7. The molecule has 122 valence electrons. The molecule has 1 N–H and O–H groups in total. The monoisotopic (exact) mass is 297 g/mol. The van der Waals surface area contributed by atoms with Gasteiger partial charge in [-0.15, -0.1) is 0 Å². The highest BCUT2D eigenvalue weighted by Gasteiger charge is 2.25. The van der Waals surface area contributed by atoms with Crippen LogP contribution < -0.4 is 5.32 Å². The molecule has 0 saturated carbocycles. The number of carbonyl (C=O) groups is 2.